The molecule has 0 aliphatic carbocycles. The number of fused-ring (bicyclic) bond motifs is 1. The lowest BCUT2D eigenvalue weighted by Crippen LogP contribution is -1.94. The van der Waals surface area contributed by atoms with Crippen molar-refractivity contribution >= 4 is 22.5 Å². The van der Waals surface area contributed by atoms with Crippen LogP contribution in [0.25, 0.3) is 22.3 Å². The summed E-state index contributed by atoms with van der Waals surface area (Å²) in [5.41, 5.74) is 3.41. The van der Waals surface area contributed by atoms with E-state index in [0.717, 1.165) is 33.7 Å². The highest BCUT2D eigenvalue weighted by Gasteiger charge is 2.10. The molecule has 2 aromatic carbocycles. The summed E-state index contributed by atoms with van der Waals surface area (Å²) in [6.07, 6.45) is 1.50. The Morgan fingerprint density at radius 3 is 2.59 bits per heavy atom. The number of aromatic nitrogens is 3. The van der Waals surface area contributed by atoms with Crippen molar-refractivity contribution in [2.45, 2.75) is 13.8 Å². The number of aromatic amines is 1. The van der Waals surface area contributed by atoms with Crippen LogP contribution in [0.5, 0.6) is 11.5 Å². The van der Waals surface area contributed by atoms with Crippen molar-refractivity contribution < 1.29 is 9.84 Å². The van der Waals surface area contributed by atoms with E-state index in [-0.39, 0.29) is 5.75 Å². The molecule has 0 unspecified atom stereocenters. The molecule has 6 heteroatoms. The molecule has 4 rings (SSSR count). The number of aromatic hydroxyl groups is 1. The molecular formula is C21H22N4O2. The number of hydrogen-bond acceptors (Lipinski definition) is 5. The summed E-state index contributed by atoms with van der Waals surface area (Å²) in [6, 6.07) is 16.7. The maximum atomic E-state index is 9.62. The molecule has 0 amide bonds. The number of benzene rings is 2. The Hall–Kier alpha value is -3.54. The van der Waals surface area contributed by atoms with Crippen LogP contribution in [-0.4, -0.2) is 27.2 Å². The van der Waals surface area contributed by atoms with Crippen LogP contribution in [0, 0.1) is 0 Å². The standard InChI is InChI=1S/C19H16N4O2.C2H6/c1-25-15-7-2-4-12(8-15)17-10-16-18(20-11-21-19(16)23-17)22-13-5-3-6-14(24)9-13;1-2/h2-11,24H,1H3,(H2,20,21,22,23);1-2H3. The van der Waals surface area contributed by atoms with Gasteiger partial charge in [0.2, 0.25) is 0 Å². The topological polar surface area (TPSA) is 83.1 Å². The van der Waals surface area contributed by atoms with Gasteiger partial charge in [0.15, 0.2) is 0 Å². The normalized spacial score (nSPS) is 10.2. The minimum absolute atomic E-state index is 0.196. The highest BCUT2D eigenvalue weighted by Crippen LogP contribution is 2.30. The number of nitrogens with one attached hydrogen (secondary N) is 2. The molecule has 138 valence electrons. The fraction of sp³-hybridized carbons (Fsp3) is 0.143. The number of ether oxygens (including phenoxy) is 1. The molecule has 0 radical (unpaired) electrons. The molecule has 0 bridgehead atoms. The predicted octanol–water partition coefficient (Wildman–Crippen LogP) is 5.11. The van der Waals surface area contributed by atoms with Crippen molar-refractivity contribution in [3.63, 3.8) is 0 Å². The molecule has 0 saturated heterocycles. The van der Waals surface area contributed by atoms with Gasteiger partial charge in [0.05, 0.1) is 12.5 Å². The third kappa shape index (κ3) is 4.00. The Bertz CT molecular complexity index is 1040. The summed E-state index contributed by atoms with van der Waals surface area (Å²) >= 11 is 0. The van der Waals surface area contributed by atoms with Gasteiger partial charge in [-0.1, -0.05) is 32.0 Å². The largest absolute Gasteiger partial charge is 0.508 e. The van der Waals surface area contributed by atoms with Gasteiger partial charge in [-0.25, -0.2) is 9.97 Å². The molecule has 0 aliphatic rings. The Labute approximate surface area is 157 Å². The van der Waals surface area contributed by atoms with Crippen molar-refractivity contribution in [3.8, 4) is 22.8 Å². The van der Waals surface area contributed by atoms with Crippen LogP contribution >= 0.6 is 0 Å². The van der Waals surface area contributed by atoms with Crippen LogP contribution in [0.1, 0.15) is 13.8 Å². The molecule has 0 saturated carbocycles. The van der Waals surface area contributed by atoms with Crippen LogP contribution in [0.2, 0.25) is 0 Å². The Morgan fingerprint density at radius 2 is 1.81 bits per heavy atom. The van der Waals surface area contributed by atoms with Gasteiger partial charge in [-0.3, -0.25) is 0 Å². The van der Waals surface area contributed by atoms with Gasteiger partial charge in [0.25, 0.3) is 0 Å². The minimum Gasteiger partial charge on any atom is -0.508 e. The van der Waals surface area contributed by atoms with Crippen molar-refractivity contribution in [1.29, 1.82) is 0 Å². The smallest absolute Gasteiger partial charge is 0.143 e. The fourth-order valence-corrected chi connectivity index (χ4v) is 2.71. The Kier molecular flexibility index (Phi) is 5.56. The van der Waals surface area contributed by atoms with Crippen LogP contribution in [0.3, 0.4) is 0 Å². The summed E-state index contributed by atoms with van der Waals surface area (Å²) in [5.74, 6) is 1.66. The maximum Gasteiger partial charge on any atom is 0.143 e. The second kappa shape index (κ2) is 8.23. The first-order chi connectivity index (χ1) is 13.2. The number of methoxy groups -OCH3 is 1. The highest BCUT2D eigenvalue weighted by atomic mass is 16.5. The summed E-state index contributed by atoms with van der Waals surface area (Å²) in [4.78, 5) is 11.9. The van der Waals surface area contributed by atoms with Gasteiger partial charge in [0.1, 0.15) is 29.3 Å². The van der Waals surface area contributed by atoms with Gasteiger partial charge >= 0.3 is 0 Å². The van der Waals surface area contributed by atoms with Gasteiger partial charge < -0.3 is 20.1 Å². The zero-order chi connectivity index (χ0) is 19.2. The van der Waals surface area contributed by atoms with Crippen molar-refractivity contribution in [1.82, 2.24) is 15.0 Å². The number of anilines is 2. The van der Waals surface area contributed by atoms with E-state index >= 15 is 0 Å². The summed E-state index contributed by atoms with van der Waals surface area (Å²) < 4.78 is 5.29. The molecule has 0 fully saturated rings. The molecule has 0 atom stereocenters. The number of nitrogens with zero attached hydrogens (tertiary/aromatic N) is 2. The first kappa shape index (κ1) is 18.3. The van der Waals surface area contributed by atoms with Crippen LogP contribution < -0.4 is 10.1 Å². The van der Waals surface area contributed by atoms with E-state index in [2.05, 4.69) is 20.3 Å². The van der Waals surface area contributed by atoms with Crippen LogP contribution in [-0.2, 0) is 0 Å². The van der Waals surface area contributed by atoms with Gasteiger partial charge in [0, 0.05) is 23.0 Å². The van der Waals surface area contributed by atoms with Crippen LogP contribution in [0.15, 0.2) is 60.9 Å². The lowest BCUT2D eigenvalue weighted by atomic mass is 10.1. The van der Waals surface area contributed by atoms with Crippen molar-refractivity contribution in [2.24, 2.45) is 0 Å². The van der Waals surface area contributed by atoms with Gasteiger partial charge in [-0.2, -0.15) is 0 Å². The molecule has 2 heterocycles. The fourth-order valence-electron chi connectivity index (χ4n) is 2.71. The molecular weight excluding hydrogens is 340 g/mol. The summed E-state index contributed by atoms with van der Waals surface area (Å²) in [6.45, 7) is 4.00. The van der Waals surface area contributed by atoms with E-state index in [1.807, 2.05) is 50.2 Å². The van der Waals surface area contributed by atoms with Crippen molar-refractivity contribution in [3.05, 3.63) is 60.9 Å². The molecule has 4 aromatic rings. The number of phenolic OH excluding ortho intramolecular Hbond substituents is 1. The van der Waals surface area contributed by atoms with Gasteiger partial charge in [-0.05, 0) is 30.3 Å². The van der Waals surface area contributed by atoms with E-state index in [9.17, 15) is 5.11 Å². The first-order valence-corrected chi connectivity index (χ1v) is 8.77. The average molecular weight is 362 g/mol. The minimum atomic E-state index is 0.196. The second-order valence-electron chi connectivity index (χ2n) is 5.57. The van der Waals surface area contributed by atoms with E-state index in [4.69, 9.17) is 4.74 Å². The molecule has 2 aromatic heterocycles. The number of H-pyrrole nitrogens is 1. The van der Waals surface area contributed by atoms with E-state index in [1.165, 1.54) is 6.33 Å². The highest BCUT2D eigenvalue weighted by molar-refractivity contribution is 5.93. The maximum absolute atomic E-state index is 9.62. The lowest BCUT2D eigenvalue weighted by Gasteiger charge is -2.06. The zero-order valence-corrected chi connectivity index (χ0v) is 15.5. The summed E-state index contributed by atoms with van der Waals surface area (Å²) in [7, 11) is 1.65. The molecule has 27 heavy (non-hydrogen) atoms. The third-order valence-corrected chi connectivity index (χ3v) is 3.92. The Balaban J connectivity index is 0.00000102. The second-order valence-corrected chi connectivity index (χ2v) is 5.57. The number of rotatable bonds is 4. The van der Waals surface area contributed by atoms with E-state index < -0.39 is 0 Å². The lowest BCUT2D eigenvalue weighted by molar-refractivity contribution is 0.415. The average Bonchev–Trinajstić information content (AvgIpc) is 3.15. The predicted molar refractivity (Wildman–Crippen MR) is 109 cm³/mol. The quantitative estimate of drug-likeness (QED) is 0.470. The zero-order valence-electron chi connectivity index (χ0n) is 15.5. The van der Waals surface area contributed by atoms with Crippen molar-refractivity contribution in [2.75, 3.05) is 12.4 Å². The van der Waals surface area contributed by atoms with E-state index in [0.29, 0.717) is 5.82 Å². The third-order valence-electron chi connectivity index (χ3n) is 3.92. The summed E-state index contributed by atoms with van der Waals surface area (Å²) in [5, 5.41) is 13.7. The SMILES string of the molecule is CC.COc1cccc(-c2cc3c(Nc4cccc(O)c4)ncnc3[nH]2)c1. The van der Waals surface area contributed by atoms with Crippen LogP contribution in [0.4, 0.5) is 11.5 Å². The number of phenols is 1. The monoisotopic (exact) mass is 362 g/mol. The Morgan fingerprint density at radius 1 is 1.00 bits per heavy atom. The molecule has 0 spiro atoms. The molecule has 6 nitrogen and oxygen atoms in total. The number of hydrogen-bond donors (Lipinski definition) is 3. The van der Waals surface area contributed by atoms with E-state index in [1.54, 1.807) is 25.3 Å². The molecule has 3 N–H and O–H groups in total. The molecule has 0 aliphatic heterocycles. The van der Waals surface area contributed by atoms with Gasteiger partial charge in [-0.15, -0.1) is 0 Å². The first-order valence-electron chi connectivity index (χ1n) is 8.77.